The number of hydrogen-bond acceptors (Lipinski definition) is 6. The fraction of sp³-hybridized carbons (Fsp3) is 0.316. The summed E-state index contributed by atoms with van der Waals surface area (Å²) in [5.41, 5.74) is 5.90. The van der Waals surface area contributed by atoms with Crippen molar-refractivity contribution < 1.29 is 18.7 Å². The highest BCUT2D eigenvalue weighted by Crippen LogP contribution is 2.43. The Labute approximate surface area is 155 Å². The van der Waals surface area contributed by atoms with E-state index < -0.39 is 11.4 Å². The van der Waals surface area contributed by atoms with E-state index in [1.807, 2.05) is 0 Å². The molecule has 3 N–H and O–H groups in total. The first-order valence-electron chi connectivity index (χ1n) is 8.59. The summed E-state index contributed by atoms with van der Waals surface area (Å²) < 4.78 is 25.7. The van der Waals surface area contributed by atoms with Crippen LogP contribution in [0.25, 0.3) is 0 Å². The number of amidine groups is 1. The number of nitrogens with one attached hydrogen (secondary N) is 1. The molecule has 2 aliphatic rings. The predicted octanol–water partition coefficient (Wildman–Crippen LogP) is 2.05. The molecule has 1 aromatic heterocycles. The number of carbonyl (C=O) groups excluding carboxylic acids is 1. The van der Waals surface area contributed by atoms with Gasteiger partial charge < -0.3 is 20.5 Å². The van der Waals surface area contributed by atoms with Gasteiger partial charge in [-0.15, -0.1) is 0 Å². The minimum absolute atomic E-state index is 0.00609. The van der Waals surface area contributed by atoms with Crippen LogP contribution in [0.4, 0.5) is 10.1 Å². The van der Waals surface area contributed by atoms with E-state index in [1.165, 1.54) is 18.3 Å². The third kappa shape index (κ3) is 3.12. The fourth-order valence-electron chi connectivity index (χ4n) is 3.61. The number of rotatable bonds is 3. The lowest BCUT2D eigenvalue weighted by Gasteiger charge is -2.38. The number of ether oxygens (including phenoxy) is 2. The number of amides is 1. The second-order valence-corrected chi connectivity index (χ2v) is 6.76. The summed E-state index contributed by atoms with van der Waals surface area (Å²) >= 11 is 0. The molecular formula is C19H19FN4O3. The molecule has 140 valence electrons. The Morgan fingerprint density at radius 2 is 2.19 bits per heavy atom. The van der Waals surface area contributed by atoms with Crippen molar-refractivity contribution in [2.45, 2.75) is 18.6 Å². The van der Waals surface area contributed by atoms with Crippen LogP contribution >= 0.6 is 0 Å². The Morgan fingerprint density at radius 1 is 1.33 bits per heavy atom. The van der Waals surface area contributed by atoms with Gasteiger partial charge in [0.15, 0.2) is 0 Å². The van der Waals surface area contributed by atoms with Crippen LogP contribution in [0, 0.1) is 11.7 Å². The van der Waals surface area contributed by atoms with Crippen LogP contribution < -0.4 is 11.1 Å². The molecule has 0 saturated carbocycles. The van der Waals surface area contributed by atoms with Gasteiger partial charge in [0.2, 0.25) is 0 Å². The van der Waals surface area contributed by atoms with Crippen molar-refractivity contribution >= 4 is 17.6 Å². The molecule has 1 fully saturated rings. The molecule has 1 aromatic carbocycles. The van der Waals surface area contributed by atoms with E-state index in [1.54, 1.807) is 31.2 Å². The molecule has 1 unspecified atom stereocenters. The van der Waals surface area contributed by atoms with E-state index in [4.69, 9.17) is 15.2 Å². The van der Waals surface area contributed by atoms with Crippen molar-refractivity contribution in [1.29, 1.82) is 0 Å². The van der Waals surface area contributed by atoms with Crippen LogP contribution in [0.3, 0.4) is 0 Å². The van der Waals surface area contributed by atoms with Crippen molar-refractivity contribution in [3.8, 4) is 0 Å². The average molecular weight is 370 g/mol. The third-order valence-corrected chi connectivity index (χ3v) is 5.03. The number of pyridine rings is 1. The number of nitrogens with two attached hydrogens (primary N) is 1. The van der Waals surface area contributed by atoms with Crippen molar-refractivity contribution in [1.82, 2.24) is 4.98 Å². The van der Waals surface area contributed by atoms with E-state index >= 15 is 0 Å². The van der Waals surface area contributed by atoms with Crippen LogP contribution in [0.2, 0.25) is 0 Å². The smallest absolute Gasteiger partial charge is 0.283 e. The lowest BCUT2D eigenvalue weighted by molar-refractivity contribution is 0.0817. The van der Waals surface area contributed by atoms with Gasteiger partial charge in [0, 0.05) is 17.4 Å². The number of anilines is 1. The molecule has 0 radical (unpaired) electrons. The van der Waals surface area contributed by atoms with Crippen molar-refractivity contribution in [2.24, 2.45) is 16.6 Å². The Kier molecular flexibility index (Phi) is 4.27. The van der Waals surface area contributed by atoms with E-state index in [0.717, 1.165) is 0 Å². The maximum Gasteiger partial charge on any atom is 0.283 e. The Hall–Kier alpha value is -3.00. The topological polar surface area (TPSA) is 98.8 Å². The average Bonchev–Trinajstić information content (AvgIpc) is 3.13. The largest absolute Gasteiger partial charge is 0.459 e. The summed E-state index contributed by atoms with van der Waals surface area (Å²) in [7, 11) is 0. The molecule has 8 heteroatoms. The van der Waals surface area contributed by atoms with Crippen LogP contribution in [-0.4, -0.2) is 36.2 Å². The Bertz CT molecular complexity index is 905. The summed E-state index contributed by atoms with van der Waals surface area (Å²) in [6.45, 7) is 2.58. The first-order chi connectivity index (χ1) is 13.0. The van der Waals surface area contributed by atoms with Gasteiger partial charge in [0.1, 0.15) is 17.6 Å². The number of nitrogens with zero attached hydrogens (tertiary/aromatic N) is 2. The molecule has 0 spiro atoms. The van der Waals surface area contributed by atoms with Gasteiger partial charge in [0.25, 0.3) is 11.9 Å². The molecule has 3 heterocycles. The summed E-state index contributed by atoms with van der Waals surface area (Å²) in [5, 5.41) is 2.74. The summed E-state index contributed by atoms with van der Waals surface area (Å²) in [6.07, 6.45) is 1.25. The molecule has 2 aliphatic heterocycles. The van der Waals surface area contributed by atoms with Crippen molar-refractivity contribution in [2.75, 3.05) is 18.5 Å². The highest BCUT2D eigenvalue weighted by atomic mass is 19.1. The highest BCUT2D eigenvalue weighted by Gasteiger charge is 2.50. The number of fused-ring (bicyclic) bond motifs is 1. The van der Waals surface area contributed by atoms with Gasteiger partial charge >= 0.3 is 0 Å². The van der Waals surface area contributed by atoms with Crippen LogP contribution in [0.5, 0.6) is 0 Å². The molecule has 4 rings (SSSR count). The van der Waals surface area contributed by atoms with Gasteiger partial charge in [-0.2, -0.15) is 0 Å². The molecule has 0 aliphatic carbocycles. The van der Waals surface area contributed by atoms with Gasteiger partial charge in [-0.05, 0) is 37.3 Å². The predicted molar refractivity (Wildman–Crippen MR) is 96.7 cm³/mol. The number of hydrogen-bond donors (Lipinski definition) is 2. The quantitative estimate of drug-likeness (QED) is 0.862. The first-order valence-corrected chi connectivity index (χ1v) is 8.59. The van der Waals surface area contributed by atoms with Gasteiger partial charge in [-0.25, -0.2) is 9.38 Å². The number of aliphatic imine (C=N–C) groups is 1. The lowest BCUT2D eigenvalue weighted by atomic mass is 9.77. The summed E-state index contributed by atoms with van der Waals surface area (Å²) in [6, 6.07) is 9.43. The summed E-state index contributed by atoms with van der Waals surface area (Å²) in [5.74, 6) is -0.992. The normalized spacial score (nSPS) is 26.7. The molecule has 7 nitrogen and oxygen atoms in total. The van der Waals surface area contributed by atoms with E-state index in [0.29, 0.717) is 24.5 Å². The van der Waals surface area contributed by atoms with Crippen LogP contribution in [0.15, 0.2) is 47.6 Å². The van der Waals surface area contributed by atoms with Crippen LogP contribution in [-0.2, 0) is 15.0 Å². The number of halogens is 1. The molecule has 2 aromatic rings. The first kappa shape index (κ1) is 17.4. The van der Waals surface area contributed by atoms with Crippen molar-refractivity contribution in [3.63, 3.8) is 0 Å². The van der Waals surface area contributed by atoms with Gasteiger partial charge in [-0.1, -0.05) is 6.07 Å². The molecule has 3 atom stereocenters. The molecule has 1 saturated heterocycles. The standard InChI is InChI=1S/C19H19FN4O3/c1-19(13-9-26-10-16(13)27-18(21)24-19)12-8-11(5-6-14(12)20)23-17(25)15-4-2-3-7-22-15/h2-8,13,16H,9-10H2,1H3,(H2,21,24)(H,23,25)/t13?,16-,19-/m1/s1. The van der Waals surface area contributed by atoms with E-state index in [2.05, 4.69) is 15.3 Å². The van der Waals surface area contributed by atoms with E-state index in [-0.39, 0.29) is 29.6 Å². The second-order valence-electron chi connectivity index (χ2n) is 6.76. The van der Waals surface area contributed by atoms with Gasteiger partial charge in [0.05, 0.1) is 24.7 Å². The monoisotopic (exact) mass is 370 g/mol. The Balaban J connectivity index is 1.68. The molecule has 0 bridgehead atoms. The minimum atomic E-state index is -0.959. The minimum Gasteiger partial charge on any atom is -0.459 e. The summed E-state index contributed by atoms with van der Waals surface area (Å²) in [4.78, 5) is 20.8. The third-order valence-electron chi connectivity index (χ3n) is 5.03. The zero-order chi connectivity index (χ0) is 19.0. The maximum absolute atomic E-state index is 14.7. The van der Waals surface area contributed by atoms with Gasteiger partial charge in [-0.3, -0.25) is 9.78 Å². The molecule has 1 amide bonds. The lowest BCUT2D eigenvalue weighted by Crippen LogP contribution is -2.47. The Morgan fingerprint density at radius 3 is 2.96 bits per heavy atom. The van der Waals surface area contributed by atoms with Crippen molar-refractivity contribution in [3.05, 3.63) is 59.7 Å². The highest BCUT2D eigenvalue weighted by molar-refractivity contribution is 6.02. The van der Waals surface area contributed by atoms with Crippen LogP contribution in [0.1, 0.15) is 23.0 Å². The number of aromatic nitrogens is 1. The SMILES string of the molecule is C[C@]1(c2cc(NC(=O)c3ccccn3)ccc2F)N=C(N)O[C@@H]2COCC21. The fourth-order valence-corrected chi connectivity index (χ4v) is 3.61. The molecule has 27 heavy (non-hydrogen) atoms. The maximum atomic E-state index is 14.7. The van der Waals surface area contributed by atoms with E-state index in [9.17, 15) is 9.18 Å². The molecular weight excluding hydrogens is 351 g/mol. The zero-order valence-electron chi connectivity index (χ0n) is 14.7. The zero-order valence-corrected chi connectivity index (χ0v) is 14.7. The number of benzene rings is 1. The number of carbonyl (C=O) groups is 1. The second kappa shape index (κ2) is 6.62.